The molecule has 0 aliphatic rings. The van der Waals surface area contributed by atoms with Gasteiger partial charge < -0.3 is 9.26 Å². The van der Waals surface area contributed by atoms with Crippen molar-refractivity contribution in [3.63, 3.8) is 0 Å². The SMILES string of the molecule is CC(C)CC(=O)OCC(=N)c1cc(-c2ccc(Cl)cc2)no1. The second-order valence-corrected chi connectivity index (χ2v) is 5.76. The van der Waals surface area contributed by atoms with Gasteiger partial charge in [0.2, 0.25) is 0 Å². The lowest BCUT2D eigenvalue weighted by atomic mass is 10.1. The zero-order valence-electron chi connectivity index (χ0n) is 12.4. The smallest absolute Gasteiger partial charge is 0.306 e. The molecule has 1 heterocycles. The van der Waals surface area contributed by atoms with Gasteiger partial charge in [-0.3, -0.25) is 10.2 Å². The predicted molar refractivity (Wildman–Crippen MR) is 84.2 cm³/mol. The van der Waals surface area contributed by atoms with E-state index in [2.05, 4.69) is 5.16 Å². The predicted octanol–water partition coefficient (Wildman–Crippen LogP) is 3.95. The first-order chi connectivity index (χ1) is 10.5. The van der Waals surface area contributed by atoms with Gasteiger partial charge in [-0.05, 0) is 18.1 Å². The molecule has 0 aliphatic carbocycles. The molecule has 2 rings (SSSR count). The Morgan fingerprint density at radius 3 is 2.68 bits per heavy atom. The summed E-state index contributed by atoms with van der Waals surface area (Å²) in [5.41, 5.74) is 1.51. The Morgan fingerprint density at radius 1 is 1.36 bits per heavy atom. The lowest BCUT2D eigenvalue weighted by Gasteiger charge is -2.05. The Kier molecular flexibility index (Phi) is 5.33. The average Bonchev–Trinajstić information content (AvgIpc) is 2.94. The number of rotatable bonds is 6. The topological polar surface area (TPSA) is 76.2 Å². The summed E-state index contributed by atoms with van der Waals surface area (Å²) in [5.74, 6) is 0.183. The molecular weight excluding hydrogens is 304 g/mol. The molecule has 1 N–H and O–H groups in total. The maximum atomic E-state index is 11.5. The highest BCUT2D eigenvalue weighted by atomic mass is 35.5. The number of carbonyl (C=O) groups is 1. The standard InChI is InChI=1S/C16H17ClN2O3/c1-10(2)7-16(20)21-9-13(18)15-8-14(19-22-15)11-3-5-12(17)6-4-11/h3-6,8,10,18H,7,9H2,1-2H3. The van der Waals surface area contributed by atoms with Crippen molar-refractivity contribution in [1.82, 2.24) is 5.16 Å². The zero-order chi connectivity index (χ0) is 16.1. The summed E-state index contributed by atoms with van der Waals surface area (Å²) >= 11 is 5.84. The molecule has 0 spiro atoms. The van der Waals surface area contributed by atoms with Crippen LogP contribution in [0.1, 0.15) is 26.0 Å². The second kappa shape index (κ2) is 7.22. The van der Waals surface area contributed by atoms with Crippen molar-refractivity contribution >= 4 is 23.3 Å². The summed E-state index contributed by atoms with van der Waals surface area (Å²) in [7, 11) is 0. The van der Waals surface area contributed by atoms with Crippen LogP contribution >= 0.6 is 11.6 Å². The van der Waals surface area contributed by atoms with E-state index in [1.807, 2.05) is 26.0 Å². The van der Waals surface area contributed by atoms with Crippen molar-refractivity contribution < 1.29 is 14.1 Å². The summed E-state index contributed by atoms with van der Waals surface area (Å²) in [5, 5.41) is 12.4. The van der Waals surface area contributed by atoms with Crippen LogP contribution in [0.5, 0.6) is 0 Å². The molecule has 116 valence electrons. The third-order valence-electron chi connectivity index (χ3n) is 2.90. The van der Waals surface area contributed by atoms with Gasteiger partial charge in [0.1, 0.15) is 18.0 Å². The first-order valence-electron chi connectivity index (χ1n) is 6.91. The zero-order valence-corrected chi connectivity index (χ0v) is 13.2. The van der Waals surface area contributed by atoms with Gasteiger partial charge in [0, 0.05) is 23.1 Å². The highest BCUT2D eigenvalue weighted by molar-refractivity contribution is 6.30. The molecule has 0 atom stereocenters. The normalized spacial score (nSPS) is 10.7. The lowest BCUT2D eigenvalue weighted by Crippen LogP contribution is -2.15. The molecule has 0 saturated heterocycles. The number of carbonyl (C=O) groups excluding carboxylic acids is 1. The van der Waals surface area contributed by atoms with Gasteiger partial charge in [-0.2, -0.15) is 0 Å². The maximum absolute atomic E-state index is 11.5. The molecule has 6 heteroatoms. The minimum atomic E-state index is -0.322. The van der Waals surface area contributed by atoms with Crippen molar-refractivity contribution in [2.45, 2.75) is 20.3 Å². The number of halogens is 1. The molecule has 2 aromatic rings. The lowest BCUT2D eigenvalue weighted by molar-refractivity contribution is -0.142. The highest BCUT2D eigenvalue weighted by Crippen LogP contribution is 2.21. The van der Waals surface area contributed by atoms with E-state index in [0.717, 1.165) is 5.56 Å². The Balaban J connectivity index is 1.97. The summed E-state index contributed by atoms with van der Waals surface area (Å²) < 4.78 is 10.2. The van der Waals surface area contributed by atoms with Crippen LogP contribution in [0, 0.1) is 11.3 Å². The number of benzene rings is 1. The monoisotopic (exact) mass is 320 g/mol. The Bertz CT molecular complexity index is 662. The number of nitrogens with one attached hydrogen (secondary N) is 1. The molecule has 0 fully saturated rings. The van der Waals surface area contributed by atoms with Crippen LogP contribution in [0.3, 0.4) is 0 Å². The van der Waals surface area contributed by atoms with Gasteiger partial charge in [-0.1, -0.05) is 42.7 Å². The molecular formula is C16H17ClN2O3. The van der Waals surface area contributed by atoms with Gasteiger partial charge in [-0.15, -0.1) is 0 Å². The van der Waals surface area contributed by atoms with Crippen molar-refractivity contribution in [3.05, 3.63) is 41.1 Å². The number of hydrogen-bond acceptors (Lipinski definition) is 5. The van der Waals surface area contributed by atoms with E-state index in [4.69, 9.17) is 26.3 Å². The highest BCUT2D eigenvalue weighted by Gasteiger charge is 2.13. The molecule has 0 radical (unpaired) electrons. The average molecular weight is 321 g/mol. The van der Waals surface area contributed by atoms with Gasteiger partial charge in [0.15, 0.2) is 5.76 Å². The Morgan fingerprint density at radius 2 is 2.05 bits per heavy atom. The number of esters is 1. The summed E-state index contributed by atoms with van der Waals surface area (Å²) in [6, 6.07) is 8.78. The van der Waals surface area contributed by atoms with Crippen LogP contribution in [-0.4, -0.2) is 23.4 Å². The van der Waals surface area contributed by atoms with E-state index in [9.17, 15) is 4.79 Å². The molecule has 0 bridgehead atoms. The van der Waals surface area contributed by atoms with Gasteiger partial charge in [0.25, 0.3) is 0 Å². The van der Waals surface area contributed by atoms with Crippen molar-refractivity contribution in [2.75, 3.05) is 6.61 Å². The van der Waals surface area contributed by atoms with E-state index < -0.39 is 0 Å². The molecule has 22 heavy (non-hydrogen) atoms. The van der Waals surface area contributed by atoms with Crippen LogP contribution in [-0.2, 0) is 9.53 Å². The van der Waals surface area contributed by atoms with E-state index in [1.54, 1.807) is 18.2 Å². The number of nitrogens with zero attached hydrogens (tertiary/aromatic N) is 1. The van der Waals surface area contributed by atoms with Crippen LogP contribution < -0.4 is 0 Å². The third kappa shape index (κ3) is 4.43. The van der Waals surface area contributed by atoms with Crippen molar-refractivity contribution in [1.29, 1.82) is 5.41 Å². The minimum Gasteiger partial charge on any atom is -0.459 e. The van der Waals surface area contributed by atoms with Crippen molar-refractivity contribution in [3.8, 4) is 11.3 Å². The number of ether oxygens (including phenoxy) is 1. The van der Waals surface area contributed by atoms with Crippen LogP contribution in [0.4, 0.5) is 0 Å². The van der Waals surface area contributed by atoms with E-state index in [1.165, 1.54) is 0 Å². The molecule has 1 aromatic heterocycles. The van der Waals surface area contributed by atoms with Crippen LogP contribution in [0.25, 0.3) is 11.3 Å². The first-order valence-corrected chi connectivity index (χ1v) is 7.29. The van der Waals surface area contributed by atoms with Gasteiger partial charge >= 0.3 is 5.97 Å². The van der Waals surface area contributed by atoms with Gasteiger partial charge in [-0.25, -0.2) is 0 Å². The van der Waals surface area contributed by atoms with E-state index >= 15 is 0 Å². The fraction of sp³-hybridized carbons (Fsp3) is 0.312. The number of hydrogen-bond donors (Lipinski definition) is 1. The fourth-order valence-electron chi connectivity index (χ4n) is 1.79. The quantitative estimate of drug-likeness (QED) is 0.645. The molecule has 1 aromatic carbocycles. The van der Waals surface area contributed by atoms with E-state index in [0.29, 0.717) is 17.1 Å². The molecule has 0 amide bonds. The fourth-order valence-corrected chi connectivity index (χ4v) is 1.92. The van der Waals surface area contributed by atoms with Crippen LogP contribution in [0.2, 0.25) is 5.02 Å². The molecule has 0 aliphatic heterocycles. The maximum Gasteiger partial charge on any atom is 0.306 e. The Hall–Kier alpha value is -2.14. The van der Waals surface area contributed by atoms with Gasteiger partial charge in [0.05, 0.1) is 0 Å². The first kappa shape index (κ1) is 16.2. The number of aromatic nitrogens is 1. The minimum absolute atomic E-state index is 0.0739. The largest absolute Gasteiger partial charge is 0.459 e. The summed E-state index contributed by atoms with van der Waals surface area (Å²) in [4.78, 5) is 11.5. The molecule has 5 nitrogen and oxygen atoms in total. The van der Waals surface area contributed by atoms with Crippen molar-refractivity contribution in [2.24, 2.45) is 5.92 Å². The van der Waals surface area contributed by atoms with E-state index in [-0.39, 0.29) is 30.0 Å². The second-order valence-electron chi connectivity index (χ2n) is 5.32. The third-order valence-corrected chi connectivity index (χ3v) is 3.15. The summed E-state index contributed by atoms with van der Waals surface area (Å²) in [6.45, 7) is 3.74. The molecule has 0 saturated carbocycles. The Labute approximate surface area is 133 Å². The van der Waals surface area contributed by atoms with Crippen LogP contribution in [0.15, 0.2) is 34.9 Å². The summed E-state index contributed by atoms with van der Waals surface area (Å²) in [6.07, 6.45) is 0.333. The molecule has 0 unspecified atom stereocenters.